The van der Waals surface area contributed by atoms with E-state index in [1.807, 2.05) is 12.1 Å². The molecule has 0 amide bonds. The van der Waals surface area contributed by atoms with Crippen molar-refractivity contribution in [2.45, 2.75) is 0 Å². The Morgan fingerprint density at radius 1 is 0.800 bits per heavy atom. The van der Waals surface area contributed by atoms with Crippen LogP contribution in [0.5, 0.6) is 0 Å². The SMILES string of the molecule is O=C(C=Cc1ccc(Cl)cc1)c1ccc(Cl)cc1.[Br-].[Br-]. The highest BCUT2D eigenvalue weighted by Crippen LogP contribution is 2.13. The van der Waals surface area contributed by atoms with Crippen molar-refractivity contribution in [3.8, 4) is 0 Å². The van der Waals surface area contributed by atoms with Gasteiger partial charge in [-0.15, -0.1) is 0 Å². The third-order valence-electron chi connectivity index (χ3n) is 2.43. The van der Waals surface area contributed by atoms with Gasteiger partial charge in [-0.1, -0.05) is 41.4 Å². The van der Waals surface area contributed by atoms with Crippen molar-refractivity contribution in [2.24, 2.45) is 0 Å². The Labute approximate surface area is 149 Å². The van der Waals surface area contributed by atoms with Crippen LogP contribution in [0.2, 0.25) is 10.0 Å². The number of hydrogen-bond donors (Lipinski definition) is 0. The molecule has 0 aliphatic carbocycles. The monoisotopic (exact) mass is 434 g/mol. The molecular formula is C15H10Br2Cl2O-2. The fourth-order valence-electron chi connectivity index (χ4n) is 1.46. The van der Waals surface area contributed by atoms with Gasteiger partial charge in [0.15, 0.2) is 5.78 Å². The van der Waals surface area contributed by atoms with Gasteiger partial charge in [0.1, 0.15) is 0 Å². The Morgan fingerprint density at radius 2 is 1.25 bits per heavy atom. The molecular weight excluding hydrogens is 427 g/mol. The van der Waals surface area contributed by atoms with Crippen LogP contribution in [-0.2, 0) is 0 Å². The van der Waals surface area contributed by atoms with Gasteiger partial charge in [-0.25, -0.2) is 0 Å². The van der Waals surface area contributed by atoms with Gasteiger partial charge < -0.3 is 34.0 Å². The summed E-state index contributed by atoms with van der Waals surface area (Å²) >= 11 is 11.5. The number of halogens is 4. The van der Waals surface area contributed by atoms with Crippen molar-refractivity contribution in [1.29, 1.82) is 0 Å². The fraction of sp³-hybridized carbons (Fsp3) is 0. The molecule has 0 N–H and O–H groups in total. The zero-order valence-corrected chi connectivity index (χ0v) is 14.9. The van der Waals surface area contributed by atoms with E-state index < -0.39 is 0 Å². The molecule has 0 spiro atoms. The van der Waals surface area contributed by atoms with Crippen LogP contribution in [0.15, 0.2) is 54.6 Å². The molecule has 2 aromatic carbocycles. The lowest BCUT2D eigenvalue weighted by atomic mass is 10.1. The molecule has 0 saturated heterocycles. The van der Waals surface area contributed by atoms with Crippen LogP contribution in [0.4, 0.5) is 0 Å². The van der Waals surface area contributed by atoms with Gasteiger partial charge in [0.05, 0.1) is 0 Å². The average Bonchev–Trinajstić information content (AvgIpc) is 2.38. The molecule has 0 aromatic heterocycles. The maximum atomic E-state index is 11.8. The Balaban J connectivity index is 0.00000180. The summed E-state index contributed by atoms with van der Waals surface area (Å²) in [6.45, 7) is 0. The first-order valence-electron chi connectivity index (χ1n) is 5.39. The smallest absolute Gasteiger partial charge is 0.185 e. The second-order valence-corrected chi connectivity index (χ2v) is 4.63. The summed E-state index contributed by atoms with van der Waals surface area (Å²) in [5.41, 5.74) is 1.55. The van der Waals surface area contributed by atoms with E-state index in [1.54, 1.807) is 42.5 Å². The average molecular weight is 437 g/mol. The summed E-state index contributed by atoms with van der Waals surface area (Å²) in [4.78, 5) is 11.8. The van der Waals surface area contributed by atoms with Crippen molar-refractivity contribution >= 4 is 35.1 Å². The summed E-state index contributed by atoms with van der Waals surface area (Å²) < 4.78 is 0. The predicted molar refractivity (Wildman–Crippen MR) is 76.3 cm³/mol. The lowest BCUT2D eigenvalue weighted by Crippen LogP contribution is -3.00. The first-order valence-corrected chi connectivity index (χ1v) is 6.14. The molecule has 2 aromatic rings. The van der Waals surface area contributed by atoms with Gasteiger partial charge in [0, 0.05) is 15.6 Å². The minimum atomic E-state index is -0.0541. The van der Waals surface area contributed by atoms with E-state index >= 15 is 0 Å². The summed E-state index contributed by atoms with van der Waals surface area (Å²) in [6, 6.07) is 14.1. The molecule has 106 valence electrons. The summed E-state index contributed by atoms with van der Waals surface area (Å²) in [6.07, 6.45) is 3.29. The van der Waals surface area contributed by atoms with Crippen molar-refractivity contribution in [2.75, 3.05) is 0 Å². The van der Waals surface area contributed by atoms with Crippen molar-refractivity contribution in [3.63, 3.8) is 0 Å². The third kappa shape index (κ3) is 5.80. The third-order valence-corrected chi connectivity index (χ3v) is 2.93. The zero-order chi connectivity index (χ0) is 13.0. The van der Waals surface area contributed by atoms with Crippen LogP contribution in [0, 0.1) is 0 Å². The van der Waals surface area contributed by atoms with Crippen molar-refractivity contribution in [1.82, 2.24) is 0 Å². The van der Waals surface area contributed by atoms with Crippen LogP contribution in [0.1, 0.15) is 15.9 Å². The Bertz CT molecular complexity index is 578. The molecule has 0 fully saturated rings. The number of carbonyl (C=O) groups excluding carboxylic acids is 1. The molecule has 2 rings (SSSR count). The molecule has 0 bridgehead atoms. The Morgan fingerprint density at radius 3 is 1.75 bits per heavy atom. The van der Waals surface area contributed by atoms with Crippen LogP contribution in [-0.4, -0.2) is 5.78 Å². The van der Waals surface area contributed by atoms with E-state index in [-0.39, 0.29) is 39.7 Å². The summed E-state index contributed by atoms with van der Waals surface area (Å²) in [5.74, 6) is -0.0541. The van der Waals surface area contributed by atoms with E-state index in [0.29, 0.717) is 15.6 Å². The quantitative estimate of drug-likeness (QED) is 0.441. The highest BCUT2D eigenvalue weighted by Gasteiger charge is 2.00. The second kappa shape index (κ2) is 9.35. The van der Waals surface area contributed by atoms with Gasteiger partial charge in [0.25, 0.3) is 0 Å². The predicted octanol–water partition coefficient (Wildman–Crippen LogP) is -1.10. The molecule has 0 heterocycles. The van der Waals surface area contributed by atoms with E-state index in [0.717, 1.165) is 5.56 Å². The zero-order valence-electron chi connectivity index (χ0n) is 10.2. The number of benzene rings is 2. The molecule has 1 nitrogen and oxygen atoms in total. The maximum absolute atomic E-state index is 11.8. The van der Waals surface area contributed by atoms with E-state index in [4.69, 9.17) is 23.2 Å². The number of rotatable bonds is 3. The van der Waals surface area contributed by atoms with Gasteiger partial charge in [0.2, 0.25) is 0 Å². The molecule has 0 atom stereocenters. The van der Waals surface area contributed by atoms with Crippen LogP contribution < -0.4 is 34.0 Å². The fourth-order valence-corrected chi connectivity index (χ4v) is 1.71. The molecule has 0 saturated carbocycles. The lowest BCUT2D eigenvalue weighted by Gasteiger charge is -1.96. The van der Waals surface area contributed by atoms with Crippen LogP contribution in [0.25, 0.3) is 6.08 Å². The highest BCUT2D eigenvalue weighted by molar-refractivity contribution is 6.31. The number of hydrogen-bond acceptors (Lipinski definition) is 1. The number of carbonyl (C=O) groups is 1. The number of ketones is 1. The normalized spacial score (nSPS) is 9.70. The minimum Gasteiger partial charge on any atom is -1.00 e. The topological polar surface area (TPSA) is 17.1 Å². The summed E-state index contributed by atoms with van der Waals surface area (Å²) in [7, 11) is 0. The molecule has 0 aliphatic rings. The second-order valence-electron chi connectivity index (χ2n) is 3.76. The van der Waals surface area contributed by atoms with Gasteiger partial charge >= 0.3 is 0 Å². The highest BCUT2D eigenvalue weighted by atomic mass is 79.9. The van der Waals surface area contributed by atoms with Crippen molar-refractivity contribution < 1.29 is 38.8 Å². The van der Waals surface area contributed by atoms with E-state index in [2.05, 4.69) is 0 Å². The van der Waals surface area contributed by atoms with Gasteiger partial charge in [-0.05, 0) is 48.0 Å². The first kappa shape index (κ1) is 19.4. The maximum Gasteiger partial charge on any atom is 0.185 e. The minimum absolute atomic E-state index is 0. The van der Waals surface area contributed by atoms with E-state index in [9.17, 15) is 4.79 Å². The van der Waals surface area contributed by atoms with Crippen LogP contribution in [0.3, 0.4) is 0 Å². The standard InChI is InChI=1S/C15H10Cl2O.2BrH/c16-13-6-1-11(2-7-13)3-10-15(18)12-4-8-14(17)9-5-12;;/h1-10H;2*1H/p-2. The largest absolute Gasteiger partial charge is 1.00 e. The van der Waals surface area contributed by atoms with Gasteiger partial charge in [-0.3, -0.25) is 4.79 Å². The van der Waals surface area contributed by atoms with Gasteiger partial charge in [-0.2, -0.15) is 0 Å². The Kier molecular flexibility index (Phi) is 9.06. The van der Waals surface area contributed by atoms with Crippen LogP contribution >= 0.6 is 23.2 Å². The first-order chi connectivity index (χ1) is 8.65. The lowest BCUT2D eigenvalue weighted by molar-refractivity contribution is -0.001000. The summed E-state index contributed by atoms with van der Waals surface area (Å²) in [5, 5.41) is 1.30. The Hall–Kier alpha value is -0.610. The molecule has 20 heavy (non-hydrogen) atoms. The van der Waals surface area contributed by atoms with E-state index in [1.165, 1.54) is 6.08 Å². The molecule has 0 aliphatic heterocycles. The molecule has 5 heteroatoms. The molecule has 0 unspecified atom stereocenters. The molecule has 0 radical (unpaired) electrons. The van der Waals surface area contributed by atoms with Crippen molar-refractivity contribution in [3.05, 3.63) is 75.8 Å². The number of allylic oxidation sites excluding steroid dienone is 1.